The molecule has 1 amide bonds. The average molecular weight is 200 g/mol. The summed E-state index contributed by atoms with van der Waals surface area (Å²) in [6.07, 6.45) is 5.88. The van der Waals surface area contributed by atoms with Gasteiger partial charge >= 0.3 is 0 Å². The van der Waals surface area contributed by atoms with E-state index >= 15 is 0 Å². The van der Waals surface area contributed by atoms with Crippen molar-refractivity contribution in [2.45, 2.75) is 32.6 Å². The van der Waals surface area contributed by atoms with Gasteiger partial charge in [-0.3, -0.25) is 9.79 Å². The Morgan fingerprint density at radius 3 is 2.71 bits per heavy atom. The van der Waals surface area contributed by atoms with Crippen molar-refractivity contribution in [2.75, 3.05) is 13.1 Å². The number of hydrazine groups is 1. The predicted octanol–water partition coefficient (Wildman–Crippen LogP) is 0.175. The number of unbranched alkanes of at least 4 members (excludes halogenated alkanes) is 3. The maximum Gasteiger partial charge on any atom is 0.216 e. The number of nitrogens with zero attached hydrogens (tertiary/aromatic N) is 1. The minimum Gasteiger partial charge on any atom is -0.356 e. The standard InChI is InChI=1S/C9H20N4O/c1-9(14)12-7-5-3-2-4-6-11-8-13-10/h8H,2-7,10H2,1H3,(H,11,13)(H,12,14). The first-order valence-electron chi connectivity index (χ1n) is 4.96. The first-order valence-corrected chi connectivity index (χ1v) is 4.96. The van der Waals surface area contributed by atoms with Crippen LogP contribution in [0.2, 0.25) is 0 Å². The minimum absolute atomic E-state index is 0.0450. The highest BCUT2D eigenvalue weighted by atomic mass is 16.1. The number of rotatable bonds is 8. The van der Waals surface area contributed by atoms with E-state index in [9.17, 15) is 4.79 Å². The number of carbonyl (C=O) groups is 1. The van der Waals surface area contributed by atoms with Gasteiger partial charge in [-0.25, -0.2) is 5.84 Å². The topological polar surface area (TPSA) is 79.5 Å². The molecule has 0 atom stereocenters. The Labute approximate surface area is 85.1 Å². The van der Waals surface area contributed by atoms with Crippen molar-refractivity contribution < 1.29 is 4.79 Å². The molecule has 0 radical (unpaired) electrons. The Morgan fingerprint density at radius 1 is 1.36 bits per heavy atom. The van der Waals surface area contributed by atoms with Crippen LogP contribution < -0.4 is 16.6 Å². The lowest BCUT2D eigenvalue weighted by Crippen LogP contribution is -2.20. The Kier molecular flexibility index (Phi) is 9.20. The van der Waals surface area contributed by atoms with E-state index in [1.165, 1.54) is 13.3 Å². The fourth-order valence-corrected chi connectivity index (χ4v) is 1.06. The van der Waals surface area contributed by atoms with Crippen LogP contribution in [0.4, 0.5) is 0 Å². The summed E-state index contributed by atoms with van der Waals surface area (Å²) in [5, 5.41) is 2.76. The highest BCUT2D eigenvalue weighted by Crippen LogP contribution is 1.98. The highest BCUT2D eigenvalue weighted by molar-refractivity contribution is 5.72. The van der Waals surface area contributed by atoms with Gasteiger partial charge in [-0.2, -0.15) is 0 Å². The van der Waals surface area contributed by atoms with Crippen molar-refractivity contribution in [1.82, 2.24) is 10.7 Å². The Balaban J connectivity index is 2.99. The van der Waals surface area contributed by atoms with Crippen LogP contribution in [-0.4, -0.2) is 25.3 Å². The van der Waals surface area contributed by atoms with E-state index in [0.717, 1.165) is 38.8 Å². The molecule has 0 bridgehead atoms. The molecule has 0 rings (SSSR count). The summed E-state index contributed by atoms with van der Waals surface area (Å²) < 4.78 is 0. The van der Waals surface area contributed by atoms with Crippen LogP contribution >= 0.6 is 0 Å². The van der Waals surface area contributed by atoms with Gasteiger partial charge in [0, 0.05) is 20.0 Å². The van der Waals surface area contributed by atoms with E-state index < -0.39 is 0 Å². The minimum atomic E-state index is 0.0450. The quantitative estimate of drug-likeness (QED) is 0.172. The molecule has 5 nitrogen and oxygen atoms in total. The highest BCUT2D eigenvalue weighted by Gasteiger charge is 1.91. The number of aliphatic imine (C=N–C) groups is 1. The molecule has 0 aromatic rings. The Bertz CT molecular complexity index is 170. The van der Waals surface area contributed by atoms with E-state index in [4.69, 9.17) is 5.84 Å². The molecule has 0 fully saturated rings. The fourth-order valence-electron chi connectivity index (χ4n) is 1.06. The maximum absolute atomic E-state index is 10.5. The largest absolute Gasteiger partial charge is 0.356 e. The van der Waals surface area contributed by atoms with Gasteiger partial charge in [0.25, 0.3) is 0 Å². The molecule has 0 aliphatic carbocycles. The number of nitrogens with two attached hydrogens (primary N) is 1. The zero-order chi connectivity index (χ0) is 10.6. The second kappa shape index (κ2) is 9.98. The van der Waals surface area contributed by atoms with Gasteiger partial charge in [0.05, 0.1) is 6.34 Å². The second-order valence-electron chi connectivity index (χ2n) is 3.10. The lowest BCUT2D eigenvalue weighted by atomic mass is 10.2. The van der Waals surface area contributed by atoms with Gasteiger partial charge in [-0.15, -0.1) is 0 Å². The molecule has 0 aromatic heterocycles. The van der Waals surface area contributed by atoms with Crippen LogP contribution in [-0.2, 0) is 4.79 Å². The van der Waals surface area contributed by atoms with Gasteiger partial charge in [0.2, 0.25) is 5.91 Å². The van der Waals surface area contributed by atoms with Gasteiger partial charge < -0.3 is 10.7 Å². The van der Waals surface area contributed by atoms with E-state index in [-0.39, 0.29) is 5.91 Å². The molecule has 0 aromatic carbocycles. The molecular formula is C9H20N4O. The van der Waals surface area contributed by atoms with Crippen molar-refractivity contribution in [3.8, 4) is 0 Å². The molecule has 14 heavy (non-hydrogen) atoms. The van der Waals surface area contributed by atoms with Crippen LogP contribution in [0.3, 0.4) is 0 Å². The number of carbonyl (C=O) groups excluding carboxylic acids is 1. The first kappa shape index (κ1) is 12.9. The summed E-state index contributed by atoms with van der Waals surface area (Å²) in [6, 6.07) is 0. The van der Waals surface area contributed by atoms with Crippen LogP contribution in [0.15, 0.2) is 4.99 Å². The Morgan fingerprint density at radius 2 is 2.07 bits per heavy atom. The summed E-state index contributed by atoms with van der Waals surface area (Å²) in [7, 11) is 0. The summed E-state index contributed by atoms with van der Waals surface area (Å²) in [5.74, 6) is 5.04. The van der Waals surface area contributed by atoms with E-state index in [0.29, 0.717) is 0 Å². The zero-order valence-corrected chi connectivity index (χ0v) is 8.75. The average Bonchev–Trinajstić information content (AvgIpc) is 2.15. The first-order chi connectivity index (χ1) is 6.77. The van der Waals surface area contributed by atoms with Crippen LogP contribution in [0.1, 0.15) is 32.6 Å². The van der Waals surface area contributed by atoms with E-state index in [2.05, 4.69) is 15.7 Å². The third-order valence-corrected chi connectivity index (χ3v) is 1.75. The molecule has 82 valence electrons. The Hall–Kier alpha value is -1.10. The molecular weight excluding hydrogens is 180 g/mol. The van der Waals surface area contributed by atoms with E-state index in [1.54, 1.807) is 0 Å². The van der Waals surface area contributed by atoms with Crippen LogP contribution in [0.5, 0.6) is 0 Å². The van der Waals surface area contributed by atoms with Gasteiger partial charge in [-0.05, 0) is 12.8 Å². The monoisotopic (exact) mass is 200 g/mol. The summed E-state index contributed by atoms with van der Waals surface area (Å²) in [4.78, 5) is 14.5. The smallest absolute Gasteiger partial charge is 0.216 e. The van der Waals surface area contributed by atoms with Crippen molar-refractivity contribution >= 4 is 12.2 Å². The van der Waals surface area contributed by atoms with Gasteiger partial charge in [0.15, 0.2) is 0 Å². The number of hydrogen-bond donors (Lipinski definition) is 3. The number of hydrogen-bond acceptors (Lipinski definition) is 3. The number of nitrogens with one attached hydrogen (secondary N) is 2. The third kappa shape index (κ3) is 10.9. The maximum atomic E-state index is 10.5. The predicted molar refractivity (Wildman–Crippen MR) is 57.8 cm³/mol. The lowest BCUT2D eigenvalue weighted by molar-refractivity contribution is -0.118. The van der Waals surface area contributed by atoms with Crippen molar-refractivity contribution in [2.24, 2.45) is 10.8 Å². The normalized spacial score (nSPS) is 10.4. The lowest BCUT2D eigenvalue weighted by Gasteiger charge is -2.00. The molecule has 0 aliphatic heterocycles. The van der Waals surface area contributed by atoms with Crippen LogP contribution in [0, 0.1) is 0 Å². The molecule has 0 unspecified atom stereocenters. The zero-order valence-electron chi connectivity index (χ0n) is 8.75. The third-order valence-electron chi connectivity index (χ3n) is 1.75. The molecule has 0 spiro atoms. The molecule has 5 heteroatoms. The molecule has 0 saturated carbocycles. The summed E-state index contributed by atoms with van der Waals surface area (Å²) in [5.41, 5.74) is 2.35. The van der Waals surface area contributed by atoms with Crippen LogP contribution in [0.25, 0.3) is 0 Å². The van der Waals surface area contributed by atoms with Crippen molar-refractivity contribution in [1.29, 1.82) is 0 Å². The molecule has 0 saturated heterocycles. The van der Waals surface area contributed by atoms with Gasteiger partial charge in [-0.1, -0.05) is 12.8 Å². The van der Waals surface area contributed by atoms with Gasteiger partial charge in [0.1, 0.15) is 0 Å². The molecule has 4 N–H and O–H groups in total. The SMILES string of the molecule is CC(=O)NCCCCCCN=CNN. The van der Waals surface area contributed by atoms with E-state index in [1.807, 2.05) is 0 Å². The summed E-state index contributed by atoms with van der Waals surface area (Å²) >= 11 is 0. The molecule has 0 heterocycles. The van der Waals surface area contributed by atoms with Crippen molar-refractivity contribution in [3.63, 3.8) is 0 Å². The van der Waals surface area contributed by atoms with Crippen molar-refractivity contribution in [3.05, 3.63) is 0 Å². The summed E-state index contributed by atoms with van der Waals surface area (Å²) in [6.45, 7) is 3.13. The second-order valence-corrected chi connectivity index (χ2v) is 3.10. The number of amides is 1. The molecule has 0 aliphatic rings. The fraction of sp³-hybridized carbons (Fsp3) is 0.778.